The van der Waals surface area contributed by atoms with Gasteiger partial charge in [0.1, 0.15) is 4.90 Å². The van der Waals surface area contributed by atoms with Crippen LogP contribution in [0.5, 0.6) is 0 Å². The predicted octanol–water partition coefficient (Wildman–Crippen LogP) is 4.78. The Labute approximate surface area is 186 Å². The molecular weight excluding hydrogens is 467 g/mol. The van der Waals surface area contributed by atoms with Crippen molar-refractivity contribution in [3.63, 3.8) is 0 Å². The monoisotopic (exact) mass is 481 g/mol. The molecule has 0 saturated heterocycles. The van der Waals surface area contributed by atoms with Crippen LogP contribution in [0, 0.1) is 13.8 Å². The van der Waals surface area contributed by atoms with Crippen molar-refractivity contribution < 1.29 is 26.4 Å². The average molecular weight is 482 g/mol. The quantitative estimate of drug-likeness (QED) is 0.538. The summed E-state index contributed by atoms with van der Waals surface area (Å²) in [6.07, 6.45) is -2.44. The number of nitrogens with zero attached hydrogens (tertiary/aromatic N) is 3. The molecule has 0 atom stereocenters. The summed E-state index contributed by atoms with van der Waals surface area (Å²) in [7, 11) is -4.10. The van der Waals surface area contributed by atoms with E-state index < -0.39 is 27.7 Å². The molecule has 3 heterocycles. The van der Waals surface area contributed by atoms with Crippen LogP contribution in [0.25, 0.3) is 11.3 Å². The molecule has 0 saturated carbocycles. The van der Waals surface area contributed by atoms with E-state index in [1.807, 2.05) is 0 Å². The molecule has 6 nitrogen and oxygen atoms in total. The maximum atomic E-state index is 13.0. The van der Waals surface area contributed by atoms with E-state index in [1.165, 1.54) is 24.4 Å². The number of hydrogen-bond acceptors (Lipinski definition) is 5. The molecule has 1 aliphatic heterocycles. The van der Waals surface area contributed by atoms with E-state index in [0.717, 1.165) is 21.6 Å². The van der Waals surface area contributed by atoms with E-state index >= 15 is 0 Å². The second-order valence-corrected chi connectivity index (χ2v) is 9.50. The highest BCUT2D eigenvalue weighted by Crippen LogP contribution is 2.38. The third-order valence-corrected chi connectivity index (χ3v) is 7.40. The zero-order valence-electron chi connectivity index (χ0n) is 16.7. The van der Waals surface area contributed by atoms with Gasteiger partial charge in [0, 0.05) is 23.7 Å². The minimum absolute atomic E-state index is 0.00622. The molecular formula is C21H15ClF3N3O3S. The summed E-state index contributed by atoms with van der Waals surface area (Å²) in [5.74, 6) is -0.737. The van der Waals surface area contributed by atoms with Crippen LogP contribution in [0.2, 0.25) is 5.02 Å². The Balaban J connectivity index is 1.74. The predicted molar refractivity (Wildman–Crippen MR) is 110 cm³/mol. The molecule has 0 N–H and O–H groups in total. The number of sulfonamides is 1. The lowest BCUT2D eigenvalue weighted by molar-refractivity contribution is -0.137. The zero-order valence-corrected chi connectivity index (χ0v) is 18.3. The Morgan fingerprint density at radius 1 is 1.09 bits per heavy atom. The lowest BCUT2D eigenvalue weighted by Crippen LogP contribution is -2.29. The molecule has 0 radical (unpaired) electrons. The molecule has 11 heteroatoms. The van der Waals surface area contributed by atoms with Gasteiger partial charge in [-0.3, -0.25) is 14.8 Å². The summed E-state index contributed by atoms with van der Waals surface area (Å²) in [4.78, 5) is 20.7. The highest BCUT2D eigenvalue weighted by molar-refractivity contribution is 7.90. The number of carbonyl (C=O) groups excluding carboxylic acids is 1. The van der Waals surface area contributed by atoms with Gasteiger partial charge >= 0.3 is 6.18 Å². The van der Waals surface area contributed by atoms with Gasteiger partial charge in [-0.15, -0.1) is 0 Å². The van der Waals surface area contributed by atoms with Gasteiger partial charge in [-0.1, -0.05) is 17.7 Å². The Morgan fingerprint density at radius 3 is 2.47 bits per heavy atom. The number of benzene rings is 1. The standard InChI is InChI=1S/C21H15ClF3N3O3S/c1-11-12(2)26-6-5-14(11)10-28-20(29)16-7-13(3-4-18(16)32(28,30)31)19-17(22)8-15(9-27-19)21(23,24)25/h3-9H,10H2,1-2H3. The average Bonchev–Trinajstić information content (AvgIpc) is 2.90. The number of fused-ring (bicyclic) bond motifs is 1. The van der Waals surface area contributed by atoms with Gasteiger partial charge in [-0.25, -0.2) is 12.7 Å². The van der Waals surface area contributed by atoms with Crippen LogP contribution in [-0.4, -0.2) is 28.6 Å². The molecule has 0 aliphatic carbocycles. The minimum Gasteiger partial charge on any atom is -0.268 e. The minimum atomic E-state index is -4.61. The largest absolute Gasteiger partial charge is 0.417 e. The van der Waals surface area contributed by atoms with Crippen LogP contribution in [0.15, 0.2) is 47.6 Å². The zero-order chi connectivity index (χ0) is 23.4. The fraction of sp³-hybridized carbons (Fsp3) is 0.190. The van der Waals surface area contributed by atoms with Gasteiger partial charge in [0.2, 0.25) is 0 Å². The second kappa shape index (κ2) is 7.56. The smallest absolute Gasteiger partial charge is 0.268 e. The van der Waals surface area contributed by atoms with Crippen molar-refractivity contribution in [3.8, 4) is 11.3 Å². The normalized spacial score (nSPS) is 15.2. The number of halogens is 4. The van der Waals surface area contributed by atoms with E-state index in [2.05, 4.69) is 9.97 Å². The number of aromatic nitrogens is 2. The molecule has 166 valence electrons. The van der Waals surface area contributed by atoms with Crippen molar-refractivity contribution in [2.75, 3.05) is 0 Å². The number of carbonyl (C=O) groups is 1. The first-order valence-electron chi connectivity index (χ1n) is 9.26. The van der Waals surface area contributed by atoms with Crippen molar-refractivity contribution in [3.05, 3.63) is 75.7 Å². The Morgan fingerprint density at radius 2 is 1.81 bits per heavy atom. The fourth-order valence-corrected chi connectivity index (χ4v) is 5.22. The Kier molecular flexibility index (Phi) is 5.25. The van der Waals surface area contributed by atoms with Gasteiger partial charge in [0.05, 0.1) is 28.4 Å². The topological polar surface area (TPSA) is 80.2 Å². The number of hydrogen-bond donors (Lipinski definition) is 0. The Hall–Kier alpha value is -2.98. The maximum Gasteiger partial charge on any atom is 0.417 e. The number of rotatable bonds is 3. The number of amides is 1. The van der Waals surface area contributed by atoms with E-state index in [0.29, 0.717) is 11.8 Å². The van der Waals surface area contributed by atoms with E-state index in [4.69, 9.17) is 11.6 Å². The second-order valence-electron chi connectivity index (χ2n) is 7.26. The first kappa shape index (κ1) is 22.2. The SMILES string of the molecule is Cc1nccc(CN2C(=O)c3cc(-c4ncc(C(F)(F)F)cc4Cl)ccc3S2(=O)=O)c1C. The molecule has 0 bridgehead atoms. The van der Waals surface area contributed by atoms with Crippen LogP contribution in [-0.2, 0) is 22.7 Å². The lowest BCUT2D eigenvalue weighted by atomic mass is 10.1. The van der Waals surface area contributed by atoms with Crippen LogP contribution in [0.4, 0.5) is 13.2 Å². The van der Waals surface area contributed by atoms with Crippen molar-refractivity contribution in [1.82, 2.24) is 14.3 Å². The molecule has 1 aliphatic rings. The van der Waals surface area contributed by atoms with E-state index in [9.17, 15) is 26.4 Å². The van der Waals surface area contributed by atoms with Gasteiger partial charge in [-0.05, 0) is 49.2 Å². The molecule has 3 aromatic rings. The number of pyridine rings is 2. The third-order valence-electron chi connectivity index (χ3n) is 5.33. The van der Waals surface area contributed by atoms with Crippen LogP contribution < -0.4 is 0 Å². The summed E-state index contributed by atoms with van der Waals surface area (Å²) in [5.41, 5.74) is 1.25. The molecule has 1 amide bonds. The van der Waals surface area contributed by atoms with Gasteiger partial charge in [0.15, 0.2) is 0 Å². The van der Waals surface area contributed by atoms with Crippen LogP contribution >= 0.6 is 11.6 Å². The van der Waals surface area contributed by atoms with Crippen LogP contribution in [0.3, 0.4) is 0 Å². The first-order valence-corrected chi connectivity index (χ1v) is 11.1. The molecule has 4 rings (SSSR count). The van der Waals surface area contributed by atoms with Crippen molar-refractivity contribution >= 4 is 27.5 Å². The molecule has 0 fully saturated rings. The van der Waals surface area contributed by atoms with Crippen LogP contribution in [0.1, 0.15) is 32.7 Å². The van der Waals surface area contributed by atoms with E-state index in [1.54, 1.807) is 19.9 Å². The summed E-state index contributed by atoms with van der Waals surface area (Å²) < 4.78 is 65.4. The highest BCUT2D eigenvalue weighted by atomic mass is 35.5. The maximum absolute atomic E-state index is 13.0. The summed E-state index contributed by atoms with van der Waals surface area (Å²) in [6.45, 7) is 3.40. The number of aryl methyl sites for hydroxylation is 1. The third kappa shape index (κ3) is 3.63. The van der Waals surface area contributed by atoms with Gasteiger partial charge in [0.25, 0.3) is 15.9 Å². The first-order chi connectivity index (χ1) is 14.9. The summed E-state index contributed by atoms with van der Waals surface area (Å²) >= 11 is 6.00. The summed E-state index contributed by atoms with van der Waals surface area (Å²) in [5, 5.41) is -0.271. The number of alkyl halides is 3. The highest BCUT2D eigenvalue weighted by Gasteiger charge is 2.41. The molecule has 0 unspecified atom stereocenters. The van der Waals surface area contributed by atoms with E-state index in [-0.39, 0.29) is 33.3 Å². The summed E-state index contributed by atoms with van der Waals surface area (Å²) in [6, 6.07) is 6.25. The van der Waals surface area contributed by atoms with Gasteiger partial charge < -0.3 is 0 Å². The lowest BCUT2D eigenvalue weighted by Gasteiger charge is -2.17. The molecule has 32 heavy (non-hydrogen) atoms. The van der Waals surface area contributed by atoms with Crippen molar-refractivity contribution in [2.24, 2.45) is 0 Å². The molecule has 0 spiro atoms. The Bertz CT molecular complexity index is 1370. The van der Waals surface area contributed by atoms with Gasteiger partial charge in [-0.2, -0.15) is 13.2 Å². The van der Waals surface area contributed by atoms with Crippen molar-refractivity contribution in [1.29, 1.82) is 0 Å². The molecule has 2 aromatic heterocycles. The molecule has 1 aromatic carbocycles. The fourth-order valence-electron chi connectivity index (χ4n) is 3.41. The van der Waals surface area contributed by atoms with Crippen molar-refractivity contribution in [2.45, 2.75) is 31.5 Å².